The van der Waals surface area contributed by atoms with Crippen LogP contribution in [0.2, 0.25) is 5.02 Å². The predicted octanol–water partition coefficient (Wildman–Crippen LogP) is 2.71. The van der Waals surface area contributed by atoms with Crippen LogP contribution in [0.1, 0.15) is 31.2 Å². The molecule has 0 bridgehead atoms. The van der Waals surface area contributed by atoms with Crippen molar-refractivity contribution in [2.24, 2.45) is 0 Å². The van der Waals surface area contributed by atoms with E-state index in [4.69, 9.17) is 11.6 Å². The van der Waals surface area contributed by atoms with Crippen LogP contribution >= 0.6 is 11.6 Å². The van der Waals surface area contributed by atoms with Gasteiger partial charge in [0.15, 0.2) is 0 Å². The smallest absolute Gasteiger partial charge is 0.0619 e. The first kappa shape index (κ1) is 11.5. The normalized spacial score (nSPS) is 32.4. The number of rotatable bonds is 2. The van der Waals surface area contributed by atoms with Crippen molar-refractivity contribution in [1.82, 2.24) is 10.6 Å². The maximum atomic E-state index is 6.20. The van der Waals surface area contributed by atoms with E-state index in [1.165, 1.54) is 31.2 Å². The van der Waals surface area contributed by atoms with E-state index in [-0.39, 0.29) is 0 Å². The van der Waals surface area contributed by atoms with Crippen molar-refractivity contribution >= 4 is 11.6 Å². The summed E-state index contributed by atoms with van der Waals surface area (Å²) in [5.74, 6) is 0. The van der Waals surface area contributed by atoms with Gasteiger partial charge in [0, 0.05) is 23.5 Å². The number of nitrogens with one attached hydrogen (secondary N) is 2. The largest absolute Gasteiger partial charge is 0.297 e. The Kier molecular flexibility index (Phi) is 3.37. The highest BCUT2D eigenvalue weighted by molar-refractivity contribution is 6.31. The Labute approximate surface area is 108 Å². The predicted molar refractivity (Wildman–Crippen MR) is 71.3 cm³/mol. The Morgan fingerprint density at radius 3 is 2.35 bits per heavy atom. The van der Waals surface area contributed by atoms with Gasteiger partial charge in [-0.1, -0.05) is 42.6 Å². The summed E-state index contributed by atoms with van der Waals surface area (Å²) >= 11 is 6.20. The van der Waals surface area contributed by atoms with Gasteiger partial charge in [0.25, 0.3) is 0 Å². The molecule has 2 unspecified atom stereocenters. The van der Waals surface area contributed by atoms with E-state index in [0.717, 1.165) is 11.4 Å². The molecule has 17 heavy (non-hydrogen) atoms. The van der Waals surface area contributed by atoms with Crippen molar-refractivity contribution in [1.29, 1.82) is 0 Å². The van der Waals surface area contributed by atoms with E-state index in [0.29, 0.717) is 18.2 Å². The van der Waals surface area contributed by atoms with Crippen LogP contribution in [-0.4, -0.2) is 18.2 Å². The molecule has 1 saturated carbocycles. The number of halogens is 1. The summed E-state index contributed by atoms with van der Waals surface area (Å²) in [5, 5.41) is 8.28. The van der Waals surface area contributed by atoms with Gasteiger partial charge >= 0.3 is 0 Å². The van der Waals surface area contributed by atoms with Gasteiger partial charge in [-0.05, 0) is 24.5 Å². The molecular weight excluding hydrogens is 232 g/mol. The minimum atomic E-state index is 0.392. The Bertz CT molecular complexity index is 380. The van der Waals surface area contributed by atoms with Crippen LogP contribution in [-0.2, 0) is 6.42 Å². The average Bonchev–Trinajstić information content (AvgIpc) is 2.74. The van der Waals surface area contributed by atoms with Crippen molar-refractivity contribution in [2.75, 3.05) is 0 Å². The quantitative estimate of drug-likeness (QED) is 0.844. The van der Waals surface area contributed by atoms with Gasteiger partial charge in [-0.2, -0.15) is 0 Å². The molecular formula is C14H19ClN2. The fourth-order valence-electron chi connectivity index (χ4n) is 3.10. The minimum absolute atomic E-state index is 0.392. The SMILES string of the molecule is Clc1ccccc1CC1NC2CCCCC2N1. The second-order valence-electron chi connectivity index (χ2n) is 5.18. The minimum Gasteiger partial charge on any atom is -0.297 e. The van der Waals surface area contributed by atoms with Crippen LogP contribution in [0.25, 0.3) is 0 Å². The lowest BCUT2D eigenvalue weighted by Gasteiger charge is -2.23. The van der Waals surface area contributed by atoms with Crippen LogP contribution < -0.4 is 10.6 Å². The highest BCUT2D eigenvalue weighted by Crippen LogP contribution is 2.25. The van der Waals surface area contributed by atoms with Crippen molar-refractivity contribution < 1.29 is 0 Å². The van der Waals surface area contributed by atoms with Gasteiger partial charge in [-0.15, -0.1) is 0 Å². The molecule has 0 radical (unpaired) electrons. The van der Waals surface area contributed by atoms with Crippen LogP contribution in [0.15, 0.2) is 24.3 Å². The monoisotopic (exact) mass is 250 g/mol. The summed E-state index contributed by atoms with van der Waals surface area (Å²) in [6.45, 7) is 0. The zero-order valence-corrected chi connectivity index (χ0v) is 10.7. The Morgan fingerprint density at radius 2 is 1.71 bits per heavy atom. The van der Waals surface area contributed by atoms with Gasteiger partial charge in [0.1, 0.15) is 0 Å². The van der Waals surface area contributed by atoms with E-state index in [9.17, 15) is 0 Å². The first-order valence-electron chi connectivity index (χ1n) is 6.58. The molecule has 1 aliphatic heterocycles. The molecule has 1 aromatic carbocycles. The molecule has 1 heterocycles. The molecule has 2 N–H and O–H groups in total. The number of hydrogen-bond acceptors (Lipinski definition) is 2. The lowest BCUT2D eigenvalue weighted by atomic mass is 9.92. The second-order valence-corrected chi connectivity index (χ2v) is 5.59. The molecule has 0 spiro atoms. The highest BCUT2D eigenvalue weighted by atomic mass is 35.5. The van der Waals surface area contributed by atoms with Gasteiger partial charge in [0.05, 0.1) is 6.17 Å². The van der Waals surface area contributed by atoms with Crippen LogP contribution in [0.4, 0.5) is 0 Å². The van der Waals surface area contributed by atoms with Crippen molar-refractivity contribution in [2.45, 2.75) is 50.4 Å². The molecule has 92 valence electrons. The van der Waals surface area contributed by atoms with E-state index >= 15 is 0 Å². The Hall–Kier alpha value is -0.570. The van der Waals surface area contributed by atoms with Gasteiger partial charge in [-0.3, -0.25) is 10.6 Å². The molecule has 1 aliphatic carbocycles. The van der Waals surface area contributed by atoms with Crippen molar-refractivity contribution in [3.8, 4) is 0 Å². The molecule has 2 aliphatic rings. The third kappa shape index (κ3) is 2.49. The summed E-state index contributed by atoms with van der Waals surface area (Å²) in [6, 6.07) is 9.49. The summed E-state index contributed by atoms with van der Waals surface area (Å²) < 4.78 is 0. The van der Waals surface area contributed by atoms with Crippen LogP contribution in [0, 0.1) is 0 Å². The molecule has 3 heteroatoms. The molecule has 3 rings (SSSR count). The fraction of sp³-hybridized carbons (Fsp3) is 0.571. The first-order chi connectivity index (χ1) is 8.33. The van der Waals surface area contributed by atoms with Gasteiger partial charge in [-0.25, -0.2) is 0 Å². The second kappa shape index (κ2) is 4.97. The van der Waals surface area contributed by atoms with E-state index in [1.54, 1.807) is 0 Å². The van der Waals surface area contributed by atoms with Crippen LogP contribution in [0.3, 0.4) is 0 Å². The highest BCUT2D eigenvalue weighted by Gasteiger charge is 2.34. The third-order valence-electron chi connectivity index (χ3n) is 3.98. The van der Waals surface area contributed by atoms with Crippen LogP contribution in [0.5, 0.6) is 0 Å². The summed E-state index contributed by atoms with van der Waals surface area (Å²) in [7, 11) is 0. The molecule has 2 nitrogen and oxygen atoms in total. The average molecular weight is 251 g/mol. The zero-order valence-electron chi connectivity index (χ0n) is 9.95. The molecule has 1 aromatic rings. The summed E-state index contributed by atoms with van der Waals surface area (Å²) in [5.41, 5.74) is 1.23. The number of hydrogen-bond donors (Lipinski definition) is 2. The standard InChI is InChI=1S/C14H19ClN2/c15-11-6-2-1-5-10(11)9-14-16-12-7-3-4-8-13(12)17-14/h1-2,5-6,12-14,16-17H,3-4,7-9H2. The first-order valence-corrected chi connectivity index (χ1v) is 6.96. The van der Waals surface area contributed by atoms with Crippen molar-refractivity contribution in [3.63, 3.8) is 0 Å². The summed E-state index contributed by atoms with van der Waals surface area (Å²) in [6.07, 6.45) is 6.74. The fourth-order valence-corrected chi connectivity index (χ4v) is 3.31. The lowest BCUT2D eigenvalue weighted by molar-refractivity contribution is 0.374. The third-order valence-corrected chi connectivity index (χ3v) is 4.35. The van der Waals surface area contributed by atoms with Gasteiger partial charge in [0.2, 0.25) is 0 Å². The van der Waals surface area contributed by atoms with E-state index < -0.39 is 0 Å². The molecule has 0 aromatic heterocycles. The number of benzene rings is 1. The summed E-state index contributed by atoms with van der Waals surface area (Å²) in [4.78, 5) is 0. The number of fused-ring (bicyclic) bond motifs is 1. The van der Waals surface area contributed by atoms with E-state index in [2.05, 4.69) is 22.8 Å². The maximum Gasteiger partial charge on any atom is 0.0619 e. The maximum absolute atomic E-state index is 6.20. The molecule has 2 fully saturated rings. The Morgan fingerprint density at radius 1 is 1.06 bits per heavy atom. The topological polar surface area (TPSA) is 24.1 Å². The van der Waals surface area contributed by atoms with Gasteiger partial charge < -0.3 is 0 Å². The molecule has 2 atom stereocenters. The van der Waals surface area contributed by atoms with Crippen molar-refractivity contribution in [3.05, 3.63) is 34.9 Å². The zero-order chi connectivity index (χ0) is 11.7. The molecule has 1 saturated heterocycles. The lowest BCUT2D eigenvalue weighted by Crippen LogP contribution is -2.36. The Balaban J connectivity index is 1.65. The molecule has 0 amide bonds. The van der Waals surface area contributed by atoms with E-state index in [1.807, 2.05) is 12.1 Å².